The Labute approximate surface area is 109 Å². The molecule has 2 aromatic heterocycles. The summed E-state index contributed by atoms with van der Waals surface area (Å²) in [5.41, 5.74) is 6.61. The number of carbonyl (C=O) groups is 1. The Hall–Kier alpha value is -1.60. The second-order valence-electron chi connectivity index (χ2n) is 4.03. The average Bonchev–Trinajstić information content (AvgIpc) is 2.97. The van der Waals surface area contributed by atoms with Gasteiger partial charge in [0.15, 0.2) is 0 Å². The molecule has 0 aromatic carbocycles. The topological polar surface area (TPSA) is 86.7 Å². The third-order valence-electron chi connectivity index (χ3n) is 2.43. The van der Waals surface area contributed by atoms with E-state index < -0.39 is 0 Å². The molecule has 0 fully saturated rings. The van der Waals surface area contributed by atoms with Crippen molar-refractivity contribution in [2.75, 3.05) is 0 Å². The first-order valence-corrected chi connectivity index (χ1v) is 6.65. The highest BCUT2D eigenvalue weighted by molar-refractivity contribution is 7.09. The van der Waals surface area contributed by atoms with E-state index in [1.54, 1.807) is 10.1 Å². The van der Waals surface area contributed by atoms with Crippen LogP contribution in [0, 0.1) is 0 Å². The van der Waals surface area contributed by atoms with E-state index in [4.69, 9.17) is 5.73 Å². The Bertz CT molecular complexity index is 545. The molecule has 1 atom stereocenters. The molecule has 0 aliphatic heterocycles. The van der Waals surface area contributed by atoms with Gasteiger partial charge < -0.3 is 5.73 Å². The Morgan fingerprint density at radius 3 is 3.00 bits per heavy atom. The number of hydrogen-bond donors (Lipinski definition) is 1. The maximum atomic E-state index is 12.2. The minimum Gasteiger partial charge on any atom is -0.322 e. The fraction of sp³-hybridized carbons (Fsp3) is 0.455. The Morgan fingerprint density at radius 2 is 2.39 bits per heavy atom. The Kier molecular flexibility index (Phi) is 3.83. The van der Waals surface area contributed by atoms with Crippen LogP contribution in [0.4, 0.5) is 0 Å². The van der Waals surface area contributed by atoms with E-state index in [2.05, 4.69) is 15.3 Å². The molecule has 0 bridgehead atoms. The number of rotatable bonds is 5. The maximum Gasteiger partial charge on any atom is 0.231 e. The summed E-state index contributed by atoms with van der Waals surface area (Å²) in [7, 11) is 0. The first-order valence-electron chi connectivity index (χ1n) is 5.77. The number of nitrogens with zero attached hydrogens (tertiary/aromatic N) is 4. The lowest BCUT2D eigenvalue weighted by Crippen LogP contribution is -2.12. The molecule has 6 nitrogen and oxygen atoms in total. The number of aromatic nitrogens is 4. The van der Waals surface area contributed by atoms with Crippen molar-refractivity contribution in [2.45, 2.75) is 32.9 Å². The van der Waals surface area contributed by atoms with Gasteiger partial charge in [0, 0.05) is 11.9 Å². The summed E-state index contributed by atoms with van der Waals surface area (Å²) in [5.74, 6) is -0.156. The van der Waals surface area contributed by atoms with Crippen molar-refractivity contribution >= 4 is 17.1 Å². The molecule has 0 amide bonds. The van der Waals surface area contributed by atoms with Gasteiger partial charge in [-0.2, -0.15) is 0 Å². The zero-order chi connectivity index (χ0) is 13.1. The van der Waals surface area contributed by atoms with Crippen molar-refractivity contribution < 1.29 is 4.79 Å². The van der Waals surface area contributed by atoms with Gasteiger partial charge in [-0.05, 0) is 13.3 Å². The van der Waals surface area contributed by atoms with Crippen molar-refractivity contribution in [1.29, 1.82) is 0 Å². The van der Waals surface area contributed by atoms with Crippen LogP contribution >= 0.6 is 11.3 Å². The number of ketones is 1. The van der Waals surface area contributed by atoms with Crippen molar-refractivity contribution in [2.24, 2.45) is 5.73 Å². The lowest BCUT2D eigenvalue weighted by atomic mass is 10.2. The molecule has 0 radical (unpaired) electrons. The SMILES string of the molecule is CCCn1nncc1C(=O)c1csc(C(C)N)n1. The van der Waals surface area contributed by atoms with Gasteiger partial charge in [-0.25, -0.2) is 9.67 Å². The van der Waals surface area contributed by atoms with Crippen molar-refractivity contribution in [3.8, 4) is 0 Å². The number of thiazole rings is 1. The minimum atomic E-state index is -0.157. The van der Waals surface area contributed by atoms with E-state index in [0.29, 0.717) is 17.9 Å². The molecule has 0 saturated carbocycles. The van der Waals surface area contributed by atoms with Gasteiger partial charge in [0.2, 0.25) is 5.78 Å². The van der Waals surface area contributed by atoms with Crippen LogP contribution in [0.25, 0.3) is 0 Å². The predicted octanol–water partition coefficient (Wildman–Crippen LogP) is 1.40. The highest BCUT2D eigenvalue weighted by atomic mass is 32.1. The molecule has 2 heterocycles. The van der Waals surface area contributed by atoms with E-state index >= 15 is 0 Å². The van der Waals surface area contributed by atoms with Gasteiger partial charge in [-0.3, -0.25) is 4.79 Å². The van der Waals surface area contributed by atoms with Crippen LogP contribution in [0.1, 0.15) is 47.5 Å². The zero-order valence-electron chi connectivity index (χ0n) is 10.3. The fourth-order valence-corrected chi connectivity index (χ4v) is 2.30. The van der Waals surface area contributed by atoms with Gasteiger partial charge in [0.05, 0.1) is 12.2 Å². The van der Waals surface area contributed by atoms with Gasteiger partial charge >= 0.3 is 0 Å². The quantitative estimate of drug-likeness (QED) is 0.826. The summed E-state index contributed by atoms with van der Waals surface area (Å²) in [4.78, 5) is 16.5. The van der Waals surface area contributed by atoms with E-state index in [-0.39, 0.29) is 11.8 Å². The van der Waals surface area contributed by atoms with Gasteiger partial charge in [-0.15, -0.1) is 16.4 Å². The standard InChI is InChI=1S/C11H15N5OS/c1-3-4-16-9(5-13-15-16)10(17)8-6-18-11(14-8)7(2)12/h5-7H,3-4,12H2,1-2H3. The van der Waals surface area contributed by atoms with Gasteiger partial charge in [0.1, 0.15) is 16.4 Å². The van der Waals surface area contributed by atoms with Crippen molar-refractivity contribution in [3.63, 3.8) is 0 Å². The van der Waals surface area contributed by atoms with Crippen LogP contribution in [0.3, 0.4) is 0 Å². The van der Waals surface area contributed by atoms with Crippen LogP contribution in [-0.2, 0) is 6.54 Å². The monoisotopic (exact) mass is 265 g/mol. The molecule has 2 rings (SSSR count). The third kappa shape index (κ3) is 2.46. The molecule has 18 heavy (non-hydrogen) atoms. The van der Waals surface area contributed by atoms with Crippen LogP contribution in [0.5, 0.6) is 0 Å². The average molecular weight is 265 g/mol. The smallest absolute Gasteiger partial charge is 0.231 e. The molecular weight excluding hydrogens is 250 g/mol. The summed E-state index contributed by atoms with van der Waals surface area (Å²) >= 11 is 1.40. The highest BCUT2D eigenvalue weighted by Gasteiger charge is 2.18. The first-order chi connectivity index (χ1) is 8.63. The largest absolute Gasteiger partial charge is 0.322 e. The lowest BCUT2D eigenvalue weighted by Gasteiger charge is -2.01. The summed E-state index contributed by atoms with van der Waals surface area (Å²) in [6.07, 6.45) is 2.37. The Balaban J connectivity index is 2.27. The molecule has 0 aliphatic carbocycles. The van der Waals surface area contributed by atoms with Crippen LogP contribution in [0.2, 0.25) is 0 Å². The molecule has 2 N–H and O–H groups in total. The molecular formula is C11H15N5OS. The predicted molar refractivity (Wildman–Crippen MR) is 68.5 cm³/mol. The molecule has 1 unspecified atom stereocenters. The molecule has 96 valence electrons. The normalized spacial score (nSPS) is 12.6. The van der Waals surface area contributed by atoms with Crippen molar-refractivity contribution in [1.82, 2.24) is 20.0 Å². The molecule has 7 heteroatoms. The maximum absolute atomic E-state index is 12.2. The second kappa shape index (κ2) is 5.36. The van der Waals surface area contributed by atoms with Crippen LogP contribution in [0.15, 0.2) is 11.6 Å². The molecule has 0 spiro atoms. The summed E-state index contributed by atoms with van der Waals surface area (Å²) in [5, 5.41) is 10.1. The third-order valence-corrected chi connectivity index (χ3v) is 3.48. The number of nitrogens with two attached hydrogens (primary N) is 1. The van der Waals surface area contributed by atoms with E-state index in [1.165, 1.54) is 17.5 Å². The van der Waals surface area contributed by atoms with E-state index in [9.17, 15) is 4.79 Å². The summed E-state index contributed by atoms with van der Waals surface area (Å²) in [6.45, 7) is 4.54. The molecule has 0 aliphatic rings. The van der Waals surface area contributed by atoms with Gasteiger partial charge in [0.25, 0.3) is 0 Å². The van der Waals surface area contributed by atoms with Gasteiger partial charge in [-0.1, -0.05) is 12.1 Å². The number of carbonyl (C=O) groups excluding carboxylic acids is 1. The van der Waals surface area contributed by atoms with Crippen molar-refractivity contribution in [3.05, 3.63) is 28.0 Å². The van der Waals surface area contributed by atoms with E-state index in [1.807, 2.05) is 13.8 Å². The second-order valence-corrected chi connectivity index (χ2v) is 4.92. The zero-order valence-corrected chi connectivity index (χ0v) is 11.1. The molecule has 0 saturated heterocycles. The number of hydrogen-bond acceptors (Lipinski definition) is 6. The molecule has 2 aromatic rings. The summed E-state index contributed by atoms with van der Waals surface area (Å²) in [6, 6.07) is -0.157. The lowest BCUT2D eigenvalue weighted by molar-refractivity contribution is 0.102. The first kappa shape index (κ1) is 12.8. The Morgan fingerprint density at radius 1 is 1.61 bits per heavy atom. The fourth-order valence-electron chi connectivity index (χ4n) is 1.54. The highest BCUT2D eigenvalue weighted by Crippen LogP contribution is 2.18. The summed E-state index contributed by atoms with van der Waals surface area (Å²) < 4.78 is 1.60. The number of aryl methyl sites for hydroxylation is 1. The van der Waals surface area contributed by atoms with E-state index in [0.717, 1.165) is 11.4 Å². The van der Waals surface area contributed by atoms with Crippen LogP contribution < -0.4 is 5.73 Å². The minimum absolute atomic E-state index is 0.156. The van der Waals surface area contributed by atoms with Crippen LogP contribution in [-0.4, -0.2) is 25.8 Å².